The molecule has 6 heteroatoms. The zero-order chi connectivity index (χ0) is 33.7. The number of hydrogen-bond donors (Lipinski definition) is 1. The molecule has 1 N–H and O–H groups in total. The summed E-state index contributed by atoms with van der Waals surface area (Å²) in [5, 5.41) is 12.7. The van der Waals surface area contributed by atoms with E-state index in [-0.39, 0.29) is 11.2 Å². The van der Waals surface area contributed by atoms with Crippen LogP contribution in [0.2, 0.25) is 0 Å². The van der Waals surface area contributed by atoms with Crippen LogP contribution in [0.25, 0.3) is 71.6 Å². The van der Waals surface area contributed by atoms with Crippen molar-refractivity contribution in [2.75, 3.05) is 0 Å². The Kier molecular flexibility index (Phi) is 7.12. The van der Waals surface area contributed by atoms with E-state index < -0.39 is 0 Å². The summed E-state index contributed by atoms with van der Waals surface area (Å²) in [4.78, 5) is 13.5. The van der Waals surface area contributed by atoms with E-state index in [2.05, 4.69) is 49.9 Å². The minimum absolute atomic E-state index is 0.0748. The number of aromatic nitrogens is 1. The van der Waals surface area contributed by atoms with Crippen molar-refractivity contribution >= 4 is 50.6 Å². The molecule has 0 spiro atoms. The third-order valence-corrected chi connectivity index (χ3v) is 8.89. The number of aliphatic imine (C=N–C) groups is 1. The van der Waals surface area contributed by atoms with E-state index in [0.29, 0.717) is 33.9 Å². The third-order valence-electron chi connectivity index (χ3n) is 8.89. The van der Waals surface area contributed by atoms with Gasteiger partial charge in [0.15, 0.2) is 11.3 Å². The molecule has 0 fully saturated rings. The quantitative estimate of drug-likeness (QED) is 0.150. The summed E-state index contributed by atoms with van der Waals surface area (Å²) in [5.41, 5.74) is 10.2. The summed E-state index contributed by atoms with van der Waals surface area (Å²) >= 11 is 0. The number of aromatic hydroxyl groups is 1. The second kappa shape index (κ2) is 11.7. The van der Waals surface area contributed by atoms with E-state index in [0.717, 1.165) is 55.3 Å². The van der Waals surface area contributed by atoms with Crippen molar-refractivity contribution in [2.24, 2.45) is 4.99 Å². The predicted octanol–water partition coefficient (Wildman–Crippen LogP) is 12.0. The van der Waals surface area contributed by atoms with Crippen LogP contribution in [0, 0.1) is 6.57 Å². The Morgan fingerprint density at radius 1 is 0.714 bits per heavy atom. The second-order valence-electron chi connectivity index (χ2n) is 13.1. The van der Waals surface area contributed by atoms with Crippen LogP contribution in [0.3, 0.4) is 0 Å². The van der Waals surface area contributed by atoms with Crippen LogP contribution in [0.5, 0.6) is 5.75 Å². The molecule has 0 aliphatic heterocycles. The third kappa shape index (κ3) is 5.42. The van der Waals surface area contributed by atoms with E-state index in [4.69, 9.17) is 25.4 Å². The van der Waals surface area contributed by atoms with Crippen molar-refractivity contribution in [1.29, 1.82) is 0 Å². The van der Waals surface area contributed by atoms with Gasteiger partial charge in [-0.1, -0.05) is 99.6 Å². The lowest BCUT2D eigenvalue weighted by molar-refractivity contribution is 0.473. The fraction of sp³-hybridized carbons (Fsp3) is 0.0930. The molecule has 6 aromatic carbocycles. The average Bonchev–Trinajstić information content (AvgIpc) is 3.72. The van der Waals surface area contributed by atoms with Crippen molar-refractivity contribution in [3.05, 3.63) is 144 Å². The molecule has 0 atom stereocenters. The minimum atomic E-state index is -0.0748. The largest absolute Gasteiger partial charge is 0.507 e. The van der Waals surface area contributed by atoms with E-state index >= 15 is 0 Å². The molecule has 6 nitrogen and oxygen atoms in total. The monoisotopic (exact) mass is 637 g/mol. The van der Waals surface area contributed by atoms with Crippen LogP contribution in [-0.4, -0.2) is 16.3 Å². The van der Waals surface area contributed by atoms with Crippen LogP contribution in [0.1, 0.15) is 31.9 Å². The highest BCUT2D eigenvalue weighted by Gasteiger charge is 2.21. The van der Waals surface area contributed by atoms with Crippen LogP contribution >= 0.6 is 0 Å². The Morgan fingerprint density at radius 3 is 2.29 bits per heavy atom. The molecule has 0 radical (unpaired) electrons. The van der Waals surface area contributed by atoms with Crippen LogP contribution < -0.4 is 0 Å². The first-order chi connectivity index (χ1) is 23.8. The summed E-state index contributed by atoms with van der Waals surface area (Å²) in [6, 6.07) is 39.2. The molecule has 236 valence electrons. The first-order valence-corrected chi connectivity index (χ1v) is 16.1. The lowest BCUT2D eigenvalue weighted by Gasteiger charge is -2.19. The summed E-state index contributed by atoms with van der Waals surface area (Å²) in [5.74, 6) is 0.589. The number of phenols is 1. The first kappa shape index (κ1) is 29.9. The highest BCUT2D eigenvalue weighted by Crippen LogP contribution is 2.42. The highest BCUT2D eigenvalue weighted by atomic mass is 16.3. The number of fused-ring (bicyclic) bond motifs is 4. The predicted molar refractivity (Wildman–Crippen MR) is 198 cm³/mol. The molecule has 8 rings (SSSR count). The van der Waals surface area contributed by atoms with Crippen LogP contribution in [0.4, 0.5) is 11.4 Å². The molecule has 0 amide bonds. The molecule has 2 aromatic heterocycles. The van der Waals surface area contributed by atoms with Crippen molar-refractivity contribution in [1.82, 2.24) is 4.98 Å². The van der Waals surface area contributed by atoms with Crippen LogP contribution in [0.15, 0.2) is 135 Å². The fourth-order valence-corrected chi connectivity index (χ4v) is 6.23. The fourth-order valence-electron chi connectivity index (χ4n) is 6.23. The van der Waals surface area contributed by atoms with E-state index in [1.807, 2.05) is 91.0 Å². The first-order valence-electron chi connectivity index (χ1n) is 16.1. The van der Waals surface area contributed by atoms with Gasteiger partial charge in [0.2, 0.25) is 5.89 Å². The van der Waals surface area contributed by atoms with Crippen molar-refractivity contribution in [3.8, 4) is 39.5 Å². The number of para-hydroxylation sites is 3. The van der Waals surface area contributed by atoms with Crippen LogP contribution in [-0.2, 0) is 5.41 Å². The molecular formula is C43H31N3O3. The summed E-state index contributed by atoms with van der Waals surface area (Å²) < 4.78 is 13.0. The Bertz CT molecular complexity index is 2610. The second-order valence-corrected chi connectivity index (χ2v) is 13.1. The van der Waals surface area contributed by atoms with Gasteiger partial charge in [0, 0.05) is 33.7 Å². The SMILES string of the molecule is [C-]#[N+]c1ccc(-c2cc(-c3cccc4c3oc3ccccc34)c3nc(-c4ccccc4N=Cc4cc(C(C)(C)C)ccc4O)oc3c2)cc1. The Morgan fingerprint density at radius 2 is 1.47 bits per heavy atom. The van der Waals surface area contributed by atoms with Gasteiger partial charge in [-0.05, 0) is 64.6 Å². The number of nitrogens with zero attached hydrogens (tertiary/aromatic N) is 3. The molecular weight excluding hydrogens is 606 g/mol. The minimum Gasteiger partial charge on any atom is -0.507 e. The number of rotatable bonds is 5. The van der Waals surface area contributed by atoms with Crippen molar-refractivity contribution < 1.29 is 13.9 Å². The Hall–Kier alpha value is -6.45. The maximum absolute atomic E-state index is 10.6. The molecule has 8 aromatic rings. The number of furan rings is 1. The topological polar surface area (TPSA) is 76.1 Å². The van der Waals surface area contributed by atoms with Gasteiger partial charge < -0.3 is 13.9 Å². The number of oxazole rings is 1. The molecule has 2 heterocycles. The van der Waals surface area contributed by atoms with Gasteiger partial charge >= 0.3 is 0 Å². The standard InChI is InChI=1S/C43H31N3O3/c1-43(2,3)29-18-21-37(47)28(22-29)25-45-36-14-7-5-11-34(36)42-46-40-35(23-27(24-39(40)49-42)26-16-19-30(44-4)20-17-26)33-13-9-12-32-31-10-6-8-15-38(31)48-41(32)33/h5-25,47H,1-3H3. The van der Waals surface area contributed by atoms with Gasteiger partial charge in [0.1, 0.15) is 22.4 Å². The van der Waals surface area contributed by atoms with Gasteiger partial charge in [-0.25, -0.2) is 9.83 Å². The van der Waals surface area contributed by atoms with Gasteiger partial charge in [-0.2, -0.15) is 0 Å². The number of phenolic OH excluding ortho intramolecular Hbond substituents is 1. The highest BCUT2D eigenvalue weighted by molar-refractivity contribution is 6.12. The van der Waals surface area contributed by atoms with Gasteiger partial charge in [0.05, 0.1) is 17.8 Å². The number of hydrogen-bond acceptors (Lipinski definition) is 5. The molecule has 0 aliphatic carbocycles. The Balaban J connectivity index is 1.31. The van der Waals surface area contributed by atoms with E-state index in [1.54, 1.807) is 12.3 Å². The maximum atomic E-state index is 10.6. The normalized spacial score (nSPS) is 12.0. The smallest absolute Gasteiger partial charge is 0.229 e. The summed E-state index contributed by atoms with van der Waals surface area (Å²) in [6.07, 6.45) is 1.69. The van der Waals surface area contributed by atoms with Gasteiger partial charge in [-0.15, -0.1) is 0 Å². The number of benzene rings is 6. The van der Waals surface area contributed by atoms with Gasteiger partial charge in [0.25, 0.3) is 0 Å². The molecule has 0 aliphatic rings. The Labute approximate surface area is 283 Å². The molecule has 49 heavy (non-hydrogen) atoms. The summed E-state index contributed by atoms with van der Waals surface area (Å²) in [6.45, 7) is 13.8. The van der Waals surface area contributed by atoms with E-state index in [1.165, 1.54) is 0 Å². The molecule has 0 saturated heterocycles. The lowest BCUT2D eigenvalue weighted by Crippen LogP contribution is -2.11. The molecule has 0 unspecified atom stereocenters. The van der Waals surface area contributed by atoms with Crippen molar-refractivity contribution in [3.63, 3.8) is 0 Å². The zero-order valence-electron chi connectivity index (χ0n) is 27.2. The lowest BCUT2D eigenvalue weighted by atomic mass is 9.86. The summed E-state index contributed by atoms with van der Waals surface area (Å²) in [7, 11) is 0. The van der Waals surface area contributed by atoms with Gasteiger partial charge in [-0.3, -0.25) is 4.99 Å². The zero-order valence-corrected chi connectivity index (χ0v) is 27.2. The van der Waals surface area contributed by atoms with Crippen molar-refractivity contribution in [2.45, 2.75) is 26.2 Å². The van der Waals surface area contributed by atoms with E-state index in [9.17, 15) is 5.11 Å². The molecule has 0 bridgehead atoms. The average molecular weight is 638 g/mol. The maximum Gasteiger partial charge on any atom is 0.229 e. The molecule has 0 saturated carbocycles.